The van der Waals surface area contributed by atoms with Crippen molar-refractivity contribution in [3.05, 3.63) is 95.6 Å². The van der Waals surface area contributed by atoms with Gasteiger partial charge in [0.15, 0.2) is 11.6 Å². The van der Waals surface area contributed by atoms with Gasteiger partial charge in [-0.1, -0.05) is 49.4 Å². The highest BCUT2D eigenvalue weighted by atomic mass is 32.2. The summed E-state index contributed by atoms with van der Waals surface area (Å²) in [7, 11) is -2.60. The fourth-order valence-electron chi connectivity index (χ4n) is 4.14. The Labute approximate surface area is 233 Å². The molecule has 1 N–H and O–H groups in total. The van der Waals surface area contributed by atoms with Crippen LogP contribution in [0.15, 0.2) is 72.8 Å². The maximum Gasteiger partial charge on any atom is 0.244 e. The van der Waals surface area contributed by atoms with Crippen LogP contribution >= 0.6 is 0 Å². The van der Waals surface area contributed by atoms with Crippen molar-refractivity contribution in [3.8, 4) is 5.75 Å². The van der Waals surface area contributed by atoms with Crippen molar-refractivity contribution in [1.29, 1.82) is 0 Å². The van der Waals surface area contributed by atoms with E-state index in [0.717, 1.165) is 24.0 Å². The number of sulfonamides is 1. The number of hydrogen-bond acceptors (Lipinski definition) is 5. The Morgan fingerprint density at radius 1 is 0.950 bits per heavy atom. The number of ether oxygens (including phenoxy) is 1. The molecule has 3 rings (SSSR count). The first-order valence-corrected chi connectivity index (χ1v) is 14.5. The molecule has 0 aliphatic rings. The van der Waals surface area contributed by atoms with Gasteiger partial charge in [-0.3, -0.25) is 13.9 Å². The van der Waals surface area contributed by atoms with Gasteiger partial charge < -0.3 is 15.0 Å². The normalized spacial score (nSPS) is 11.9. The molecular formula is C29H33F2N3O5S. The van der Waals surface area contributed by atoms with Crippen molar-refractivity contribution < 1.29 is 31.5 Å². The summed E-state index contributed by atoms with van der Waals surface area (Å²) in [5.74, 6) is -2.97. The first-order valence-electron chi connectivity index (χ1n) is 12.7. The molecule has 1 atom stereocenters. The number of hydrogen-bond donors (Lipinski definition) is 1. The Kier molecular flexibility index (Phi) is 10.6. The maximum absolute atomic E-state index is 14.0. The molecule has 3 aromatic rings. The van der Waals surface area contributed by atoms with Crippen LogP contribution in [-0.4, -0.2) is 57.6 Å². The SMILES string of the molecule is CCCNC(=O)C(Cc1ccccc1)N(Cc1cccc(OC)c1)C(=O)CN(c1ccc(F)c(F)c1)S(C)(=O)=O. The zero-order valence-corrected chi connectivity index (χ0v) is 23.5. The molecule has 8 nitrogen and oxygen atoms in total. The van der Waals surface area contributed by atoms with Gasteiger partial charge in [-0.15, -0.1) is 0 Å². The van der Waals surface area contributed by atoms with E-state index in [1.54, 1.807) is 24.3 Å². The van der Waals surface area contributed by atoms with Crippen LogP contribution in [0.25, 0.3) is 0 Å². The van der Waals surface area contributed by atoms with Gasteiger partial charge in [-0.25, -0.2) is 17.2 Å². The zero-order valence-electron chi connectivity index (χ0n) is 22.6. The van der Waals surface area contributed by atoms with E-state index >= 15 is 0 Å². The quantitative estimate of drug-likeness (QED) is 0.335. The lowest BCUT2D eigenvalue weighted by Gasteiger charge is -2.33. The number of anilines is 1. The van der Waals surface area contributed by atoms with Crippen LogP contribution in [0.5, 0.6) is 5.75 Å². The Bertz CT molecular complexity index is 1420. The molecule has 0 bridgehead atoms. The molecule has 0 saturated carbocycles. The van der Waals surface area contributed by atoms with Crippen LogP contribution in [0.4, 0.5) is 14.5 Å². The monoisotopic (exact) mass is 573 g/mol. The second-order valence-corrected chi connectivity index (χ2v) is 11.1. The highest BCUT2D eigenvalue weighted by molar-refractivity contribution is 7.92. The summed E-state index contributed by atoms with van der Waals surface area (Å²) in [5, 5.41) is 2.84. The minimum atomic E-state index is -4.10. The van der Waals surface area contributed by atoms with E-state index in [1.807, 2.05) is 37.3 Å². The van der Waals surface area contributed by atoms with Gasteiger partial charge in [0.25, 0.3) is 0 Å². The minimum absolute atomic E-state index is 0.0392. The van der Waals surface area contributed by atoms with Crippen molar-refractivity contribution in [2.45, 2.75) is 32.4 Å². The Balaban J connectivity index is 2.06. The molecule has 11 heteroatoms. The summed E-state index contributed by atoms with van der Waals surface area (Å²) in [6.07, 6.45) is 1.70. The number of benzene rings is 3. The third-order valence-corrected chi connectivity index (χ3v) is 7.32. The van der Waals surface area contributed by atoms with Crippen LogP contribution in [0, 0.1) is 11.6 Å². The third-order valence-electron chi connectivity index (χ3n) is 6.18. The summed E-state index contributed by atoms with van der Waals surface area (Å²) in [6, 6.07) is 17.7. The zero-order chi connectivity index (χ0) is 29.3. The highest BCUT2D eigenvalue weighted by Crippen LogP contribution is 2.23. The number of carbonyl (C=O) groups is 2. The molecule has 0 aromatic heterocycles. The van der Waals surface area contributed by atoms with Gasteiger partial charge >= 0.3 is 0 Å². The Morgan fingerprint density at radius 3 is 2.27 bits per heavy atom. The molecule has 40 heavy (non-hydrogen) atoms. The molecule has 0 spiro atoms. The van der Waals surface area contributed by atoms with Crippen molar-refractivity contribution >= 4 is 27.5 Å². The molecule has 0 fully saturated rings. The van der Waals surface area contributed by atoms with Crippen LogP contribution in [0.1, 0.15) is 24.5 Å². The van der Waals surface area contributed by atoms with Gasteiger partial charge in [0.05, 0.1) is 19.1 Å². The number of rotatable bonds is 13. The average Bonchev–Trinajstić information content (AvgIpc) is 2.93. The Morgan fingerprint density at radius 2 is 1.65 bits per heavy atom. The molecule has 2 amide bonds. The number of carbonyl (C=O) groups excluding carboxylic acids is 2. The number of halogens is 2. The first kappa shape index (κ1) is 30.6. The van der Waals surface area contributed by atoms with E-state index in [9.17, 15) is 26.8 Å². The second-order valence-electron chi connectivity index (χ2n) is 9.24. The lowest BCUT2D eigenvalue weighted by atomic mass is 10.0. The van der Waals surface area contributed by atoms with Crippen molar-refractivity contribution in [1.82, 2.24) is 10.2 Å². The molecule has 0 saturated heterocycles. The van der Waals surface area contributed by atoms with Gasteiger partial charge in [0, 0.05) is 25.6 Å². The van der Waals surface area contributed by atoms with Crippen LogP contribution in [0.3, 0.4) is 0 Å². The molecule has 3 aromatic carbocycles. The van der Waals surface area contributed by atoms with Crippen LogP contribution in [-0.2, 0) is 32.6 Å². The van der Waals surface area contributed by atoms with Crippen LogP contribution in [0.2, 0.25) is 0 Å². The molecule has 0 aliphatic heterocycles. The predicted octanol–water partition coefficient (Wildman–Crippen LogP) is 3.91. The minimum Gasteiger partial charge on any atom is -0.497 e. The third kappa shape index (κ3) is 8.25. The lowest BCUT2D eigenvalue weighted by Crippen LogP contribution is -2.53. The summed E-state index contributed by atoms with van der Waals surface area (Å²) < 4.78 is 59.0. The summed E-state index contributed by atoms with van der Waals surface area (Å²) in [4.78, 5) is 28.7. The molecular weight excluding hydrogens is 540 g/mol. The van der Waals surface area contributed by atoms with Gasteiger partial charge in [0.1, 0.15) is 18.3 Å². The number of nitrogens with one attached hydrogen (secondary N) is 1. The predicted molar refractivity (Wildman–Crippen MR) is 149 cm³/mol. The topological polar surface area (TPSA) is 96.0 Å². The standard InChI is InChI=1S/C29H33F2N3O5S/c1-4-15-32-29(36)27(17-21-9-6-5-7-10-21)33(19-22-11-8-12-24(16-22)39-2)28(35)20-34(40(3,37)38)23-13-14-25(30)26(31)18-23/h5-14,16,18,27H,4,15,17,19-20H2,1-3H3,(H,32,36). The molecule has 0 heterocycles. The molecule has 0 aliphatic carbocycles. The van der Waals surface area contributed by atoms with Crippen molar-refractivity contribution in [3.63, 3.8) is 0 Å². The summed E-state index contributed by atoms with van der Waals surface area (Å²) in [6.45, 7) is 1.51. The first-order chi connectivity index (χ1) is 19.0. The maximum atomic E-state index is 14.0. The van der Waals surface area contributed by atoms with Crippen molar-refractivity contribution in [2.24, 2.45) is 0 Å². The molecule has 214 valence electrons. The van der Waals surface area contributed by atoms with E-state index in [0.29, 0.717) is 34.7 Å². The van der Waals surface area contributed by atoms with E-state index in [2.05, 4.69) is 5.32 Å². The average molecular weight is 574 g/mol. The molecule has 0 radical (unpaired) electrons. The largest absolute Gasteiger partial charge is 0.497 e. The number of amides is 2. The fourth-order valence-corrected chi connectivity index (χ4v) is 4.98. The van der Waals surface area contributed by atoms with E-state index < -0.39 is 46.1 Å². The second kappa shape index (κ2) is 13.9. The van der Waals surface area contributed by atoms with Crippen molar-refractivity contribution in [2.75, 3.05) is 30.8 Å². The Hall–Kier alpha value is -3.99. The number of methoxy groups -OCH3 is 1. The lowest BCUT2D eigenvalue weighted by molar-refractivity contribution is -0.140. The number of nitrogens with zero attached hydrogens (tertiary/aromatic N) is 2. The fraction of sp³-hybridized carbons (Fsp3) is 0.310. The van der Waals surface area contributed by atoms with Gasteiger partial charge in [-0.2, -0.15) is 0 Å². The highest BCUT2D eigenvalue weighted by Gasteiger charge is 2.33. The van der Waals surface area contributed by atoms with Gasteiger partial charge in [-0.05, 0) is 41.8 Å². The van der Waals surface area contributed by atoms with E-state index in [1.165, 1.54) is 12.0 Å². The summed E-state index contributed by atoms with van der Waals surface area (Å²) >= 11 is 0. The van der Waals surface area contributed by atoms with Crippen LogP contribution < -0.4 is 14.4 Å². The smallest absolute Gasteiger partial charge is 0.244 e. The van der Waals surface area contributed by atoms with Gasteiger partial charge in [0.2, 0.25) is 21.8 Å². The molecule has 1 unspecified atom stereocenters. The summed E-state index contributed by atoms with van der Waals surface area (Å²) in [5.41, 5.74) is 1.22. The van der Waals surface area contributed by atoms with E-state index in [4.69, 9.17) is 4.74 Å². The van der Waals surface area contributed by atoms with E-state index in [-0.39, 0.29) is 18.7 Å².